The minimum Gasteiger partial charge on any atom is -0.343 e. The summed E-state index contributed by atoms with van der Waals surface area (Å²) in [6.07, 6.45) is 0. The molecule has 1 heterocycles. The SMILES string of the molecule is CCN(CC)C(=O)CSc1nnc(C)n1-c1cccc(Cl)c1. The summed E-state index contributed by atoms with van der Waals surface area (Å²) in [5.74, 6) is 1.22. The highest BCUT2D eigenvalue weighted by Gasteiger charge is 2.15. The lowest BCUT2D eigenvalue weighted by molar-refractivity contribution is -0.127. The normalized spacial score (nSPS) is 10.7. The summed E-state index contributed by atoms with van der Waals surface area (Å²) in [6.45, 7) is 7.27. The maximum absolute atomic E-state index is 12.1. The van der Waals surface area contributed by atoms with E-state index >= 15 is 0 Å². The highest BCUT2D eigenvalue weighted by molar-refractivity contribution is 7.99. The lowest BCUT2D eigenvalue weighted by Gasteiger charge is -2.18. The van der Waals surface area contributed by atoms with Crippen LogP contribution in [0.5, 0.6) is 0 Å². The molecular formula is C15H19ClN4OS. The van der Waals surface area contributed by atoms with Crippen LogP contribution in [0.4, 0.5) is 0 Å². The first-order chi connectivity index (χ1) is 10.6. The Kier molecular flexibility index (Phi) is 5.85. The maximum atomic E-state index is 12.1. The van der Waals surface area contributed by atoms with Crippen LogP contribution in [0.15, 0.2) is 29.4 Å². The third kappa shape index (κ3) is 3.81. The fourth-order valence-corrected chi connectivity index (χ4v) is 3.23. The number of aryl methyl sites for hydroxylation is 1. The molecule has 0 aliphatic carbocycles. The van der Waals surface area contributed by atoms with Gasteiger partial charge in [-0.3, -0.25) is 9.36 Å². The van der Waals surface area contributed by atoms with Crippen molar-refractivity contribution in [2.24, 2.45) is 0 Å². The van der Waals surface area contributed by atoms with Crippen molar-refractivity contribution in [1.82, 2.24) is 19.7 Å². The van der Waals surface area contributed by atoms with E-state index in [4.69, 9.17) is 11.6 Å². The van der Waals surface area contributed by atoms with Crippen molar-refractivity contribution >= 4 is 29.3 Å². The minimum atomic E-state index is 0.105. The Hall–Kier alpha value is -1.53. The van der Waals surface area contributed by atoms with Gasteiger partial charge in [-0.2, -0.15) is 0 Å². The average molecular weight is 339 g/mol. The second-order valence-corrected chi connectivity index (χ2v) is 6.08. The first-order valence-corrected chi connectivity index (χ1v) is 8.51. The van der Waals surface area contributed by atoms with E-state index in [1.165, 1.54) is 11.8 Å². The molecule has 1 amide bonds. The van der Waals surface area contributed by atoms with Gasteiger partial charge in [0.1, 0.15) is 5.82 Å². The van der Waals surface area contributed by atoms with E-state index in [0.717, 1.165) is 24.6 Å². The molecule has 0 N–H and O–H groups in total. The molecule has 0 saturated carbocycles. The van der Waals surface area contributed by atoms with Crippen molar-refractivity contribution in [1.29, 1.82) is 0 Å². The maximum Gasteiger partial charge on any atom is 0.233 e. The fraction of sp³-hybridized carbons (Fsp3) is 0.400. The van der Waals surface area contributed by atoms with Crippen LogP contribution in [0, 0.1) is 6.92 Å². The molecule has 0 saturated heterocycles. The highest BCUT2D eigenvalue weighted by atomic mass is 35.5. The lowest BCUT2D eigenvalue weighted by Crippen LogP contribution is -2.31. The molecule has 118 valence electrons. The van der Waals surface area contributed by atoms with E-state index in [-0.39, 0.29) is 5.91 Å². The van der Waals surface area contributed by atoms with Crippen LogP contribution in [-0.4, -0.2) is 44.4 Å². The summed E-state index contributed by atoms with van der Waals surface area (Å²) in [6, 6.07) is 7.50. The largest absolute Gasteiger partial charge is 0.343 e. The summed E-state index contributed by atoms with van der Waals surface area (Å²) < 4.78 is 1.91. The van der Waals surface area contributed by atoms with Crippen LogP contribution in [0.25, 0.3) is 5.69 Å². The van der Waals surface area contributed by atoms with Gasteiger partial charge in [0.25, 0.3) is 0 Å². The van der Waals surface area contributed by atoms with E-state index in [1.54, 1.807) is 4.90 Å². The molecule has 2 aromatic rings. The second kappa shape index (κ2) is 7.65. The van der Waals surface area contributed by atoms with Crippen molar-refractivity contribution in [2.75, 3.05) is 18.8 Å². The van der Waals surface area contributed by atoms with Gasteiger partial charge in [-0.1, -0.05) is 29.4 Å². The molecular weight excluding hydrogens is 320 g/mol. The number of benzene rings is 1. The van der Waals surface area contributed by atoms with Crippen molar-refractivity contribution in [2.45, 2.75) is 25.9 Å². The predicted octanol–water partition coefficient (Wildman–Crippen LogP) is 3.19. The van der Waals surface area contributed by atoms with Gasteiger partial charge in [-0.25, -0.2) is 0 Å². The number of amides is 1. The summed E-state index contributed by atoms with van der Waals surface area (Å²) in [5, 5.41) is 9.62. The Balaban J connectivity index is 2.18. The highest BCUT2D eigenvalue weighted by Crippen LogP contribution is 2.23. The molecule has 22 heavy (non-hydrogen) atoms. The van der Waals surface area contributed by atoms with Gasteiger partial charge in [-0.15, -0.1) is 10.2 Å². The third-order valence-corrected chi connectivity index (χ3v) is 4.45. The number of thioether (sulfide) groups is 1. The number of carbonyl (C=O) groups excluding carboxylic acids is 1. The molecule has 0 bridgehead atoms. The Morgan fingerprint density at radius 1 is 1.32 bits per heavy atom. The minimum absolute atomic E-state index is 0.105. The summed E-state index contributed by atoms with van der Waals surface area (Å²) in [4.78, 5) is 13.9. The fourth-order valence-electron chi connectivity index (χ4n) is 2.14. The second-order valence-electron chi connectivity index (χ2n) is 4.70. The van der Waals surface area contributed by atoms with Crippen LogP contribution in [0.1, 0.15) is 19.7 Å². The van der Waals surface area contributed by atoms with Gasteiger partial charge >= 0.3 is 0 Å². The van der Waals surface area contributed by atoms with Gasteiger partial charge in [-0.05, 0) is 39.0 Å². The van der Waals surface area contributed by atoms with E-state index in [9.17, 15) is 4.79 Å². The lowest BCUT2D eigenvalue weighted by atomic mass is 10.3. The summed E-state index contributed by atoms with van der Waals surface area (Å²) in [5.41, 5.74) is 0.896. The number of hydrogen-bond donors (Lipinski definition) is 0. The van der Waals surface area contributed by atoms with Crippen LogP contribution in [-0.2, 0) is 4.79 Å². The summed E-state index contributed by atoms with van der Waals surface area (Å²) in [7, 11) is 0. The van der Waals surface area contributed by atoms with Gasteiger partial charge in [0, 0.05) is 18.1 Å². The average Bonchev–Trinajstić information content (AvgIpc) is 2.87. The number of nitrogens with zero attached hydrogens (tertiary/aromatic N) is 4. The van der Waals surface area contributed by atoms with Crippen LogP contribution in [0.2, 0.25) is 5.02 Å². The number of halogens is 1. The molecule has 0 atom stereocenters. The Bertz CT molecular complexity index is 655. The van der Waals surface area contributed by atoms with Gasteiger partial charge in [0.05, 0.1) is 11.4 Å². The monoisotopic (exact) mass is 338 g/mol. The molecule has 0 fully saturated rings. The van der Waals surface area contributed by atoms with Crippen LogP contribution in [0.3, 0.4) is 0 Å². The van der Waals surface area contributed by atoms with Crippen molar-refractivity contribution in [3.8, 4) is 5.69 Å². The molecule has 0 spiro atoms. The van der Waals surface area contributed by atoms with E-state index in [1.807, 2.05) is 49.6 Å². The molecule has 7 heteroatoms. The van der Waals surface area contributed by atoms with Crippen LogP contribution >= 0.6 is 23.4 Å². The molecule has 0 unspecified atom stereocenters. The topological polar surface area (TPSA) is 51.0 Å². The Morgan fingerprint density at radius 2 is 2.05 bits per heavy atom. The molecule has 1 aromatic heterocycles. The zero-order chi connectivity index (χ0) is 16.1. The van der Waals surface area contributed by atoms with Gasteiger partial charge in [0.2, 0.25) is 5.91 Å². The van der Waals surface area contributed by atoms with Crippen molar-refractivity contribution < 1.29 is 4.79 Å². The summed E-state index contributed by atoms with van der Waals surface area (Å²) >= 11 is 7.44. The number of carbonyl (C=O) groups is 1. The first-order valence-electron chi connectivity index (χ1n) is 7.15. The zero-order valence-electron chi connectivity index (χ0n) is 12.9. The van der Waals surface area contributed by atoms with Crippen LogP contribution < -0.4 is 0 Å². The van der Waals surface area contributed by atoms with E-state index in [0.29, 0.717) is 15.9 Å². The predicted molar refractivity (Wildman–Crippen MR) is 89.8 cm³/mol. The number of aromatic nitrogens is 3. The Morgan fingerprint density at radius 3 is 2.68 bits per heavy atom. The number of hydrogen-bond acceptors (Lipinski definition) is 4. The van der Waals surface area contributed by atoms with Gasteiger partial charge < -0.3 is 4.90 Å². The molecule has 0 radical (unpaired) electrons. The smallest absolute Gasteiger partial charge is 0.233 e. The molecule has 0 aliphatic rings. The molecule has 2 rings (SSSR count). The third-order valence-electron chi connectivity index (χ3n) is 3.30. The zero-order valence-corrected chi connectivity index (χ0v) is 14.5. The van der Waals surface area contributed by atoms with Crippen molar-refractivity contribution in [3.63, 3.8) is 0 Å². The molecule has 5 nitrogen and oxygen atoms in total. The Labute approximate surface area is 139 Å². The number of rotatable bonds is 6. The van der Waals surface area contributed by atoms with E-state index in [2.05, 4.69) is 10.2 Å². The quantitative estimate of drug-likeness (QED) is 0.759. The van der Waals surface area contributed by atoms with Gasteiger partial charge in [0.15, 0.2) is 5.16 Å². The van der Waals surface area contributed by atoms with Crippen molar-refractivity contribution in [3.05, 3.63) is 35.1 Å². The molecule has 0 aliphatic heterocycles. The molecule has 1 aromatic carbocycles. The standard InChI is InChI=1S/C15H19ClN4OS/c1-4-19(5-2)14(21)10-22-15-18-17-11(3)20(15)13-8-6-7-12(16)9-13/h6-9H,4-5,10H2,1-3H3. The van der Waals surface area contributed by atoms with E-state index < -0.39 is 0 Å². The first kappa shape index (κ1) is 16.8.